The molecular formula is C13H11N7O2. The van der Waals surface area contributed by atoms with Crippen molar-refractivity contribution in [2.45, 2.75) is 6.61 Å². The fraction of sp³-hybridized carbons (Fsp3) is 0.154. The van der Waals surface area contributed by atoms with E-state index in [1.165, 1.54) is 10.8 Å². The van der Waals surface area contributed by atoms with Gasteiger partial charge >= 0.3 is 0 Å². The molecule has 4 aromatic rings. The Balaban J connectivity index is 2.00. The van der Waals surface area contributed by atoms with Gasteiger partial charge in [-0.2, -0.15) is 14.6 Å². The standard InChI is InChI=1S/C13H11N7O2/c1-22-7-10-16-13-14-6-8-9(20(13)18-10)3-5-19(12(8)21)11-2-4-15-17-11/h2-6H,7H2,1H3,(H,15,17). The van der Waals surface area contributed by atoms with E-state index in [1.54, 1.807) is 36.2 Å². The lowest BCUT2D eigenvalue weighted by molar-refractivity contribution is 0.178. The molecule has 4 heterocycles. The average molecular weight is 297 g/mol. The molecule has 0 amide bonds. The van der Waals surface area contributed by atoms with Gasteiger partial charge in [-0.1, -0.05) is 0 Å². The summed E-state index contributed by atoms with van der Waals surface area (Å²) >= 11 is 0. The molecular weight excluding hydrogens is 286 g/mol. The van der Waals surface area contributed by atoms with Gasteiger partial charge in [0.2, 0.25) is 0 Å². The van der Waals surface area contributed by atoms with Gasteiger partial charge in [-0.25, -0.2) is 4.98 Å². The zero-order valence-corrected chi connectivity index (χ0v) is 11.6. The molecule has 4 rings (SSSR count). The fourth-order valence-corrected chi connectivity index (χ4v) is 2.32. The van der Waals surface area contributed by atoms with Crippen molar-refractivity contribution in [2.75, 3.05) is 7.11 Å². The largest absolute Gasteiger partial charge is 0.377 e. The molecule has 1 N–H and O–H groups in total. The molecule has 0 aliphatic carbocycles. The highest BCUT2D eigenvalue weighted by Gasteiger charge is 2.12. The van der Waals surface area contributed by atoms with Crippen molar-refractivity contribution >= 4 is 16.7 Å². The minimum absolute atomic E-state index is 0.208. The number of aromatic nitrogens is 7. The van der Waals surface area contributed by atoms with Crippen molar-refractivity contribution in [2.24, 2.45) is 0 Å². The van der Waals surface area contributed by atoms with Crippen LogP contribution < -0.4 is 5.56 Å². The van der Waals surface area contributed by atoms with Crippen molar-refractivity contribution in [1.82, 2.24) is 34.3 Å². The van der Waals surface area contributed by atoms with E-state index in [0.29, 0.717) is 28.3 Å². The number of nitrogens with one attached hydrogen (secondary N) is 1. The number of aromatic amines is 1. The lowest BCUT2D eigenvalue weighted by atomic mass is 10.3. The van der Waals surface area contributed by atoms with Crippen LogP contribution in [0.15, 0.2) is 35.5 Å². The van der Waals surface area contributed by atoms with Crippen LogP contribution in [0.2, 0.25) is 0 Å². The second kappa shape index (κ2) is 4.74. The van der Waals surface area contributed by atoms with E-state index in [1.807, 2.05) is 0 Å². The van der Waals surface area contributed by atoms with Gasteiger partial charge in [0.15, 0.2) is 5.82 Å². The molecule has 9 heteroatoms. The molecule has 0 saturated carbocycles. The zero-order valence-electron chi connectivity index (χ0n) is 11.6. The molecule has 110 valence electrons. The Morgan fingerprint density at radius 1 is 1.36 bits per heavy atom. The second-order valence-electron chi connectivity index (χ2n) is 4.66. The highest BCUT2D eigenvalue weighted by Crippen LogP contribution is 2.12. The van der Waals surface area contributed by atoms with Crippen LogP contribution in [0.4, 0.5) is 0 Å². The Morgan fingerprint density at radius 2 is 2.27 bits per heavy atom. The van der Waals surface area contributed by atoms with Crippen LogP contribution in [0.3, 0.4) is 0 Å². The summed E-state index contributed by atoms with van der Waals surface area (Å²) in [6, 6.07) is 3.50. The minimum Gasteiger partial charge on any atom is -0.377 e. The maximum absolute atomic E-state index is 12.6. The van der Waals surface area contributed by atoms with Gasteiger partial charge in [-0.3, -0.25) is 14.5 Å². The molecule has 0 aromatic carbocycles. The predicted octanol–water partition coefficient (Wildman–Crippen LogP) is 0.298. The molecule has 4 aromatic heterocycles. The number of nitrogens with zero attached hydrogens (tertiary/aromatic N) is 6. The monoisotopic (exact) mass is 297 g/mol. The Hall–Kier alpha value is -3.07. The molecule has 0 aliphatic heterocycles. The van der Waals surface area contributed by atoms with Crippen molar-refractivity contribution in [3.8, 4) is 5.82 Å². The van der Waals surface area contributed by atoms with E-state index < -0.39 is 0 Å². The number of hydrogen-bond acceptors (Lipinski definition) is 6. The van der Waals surface area contributed by atoms with E-state index in [9.17, 15) is 4.79 Å². The maximum atomic E-state index is 12.6. The molecule has 0 bridgehead atoms. The molecule has 0 fully saturated rings. The normalized spacial score (nSPS) is 11.5. The summed E-state index contributed by atoms with van der Waals surface area (Å²) in [7, 11) is 1.57. The molecule has 0 saturated heterocycles. The van der Waals surface area contributed by atoms with Crippen LogP contribution in [0, 0.1) is 0 Å². The molecule has 0 unspecified atom stereocenters. The smallest absolute Gasteiger partial charge is 0.267 e. The minimum atomic E-state index is -0.208. The van der Waals surface area contributed by atoms with Crippen molar-refractivity contribution in [3.05, 3.63) is 46.9 Å². The topological polar surface area (TPSA) is 103 Å². The Kier molecular flexibility index (Phi) is 2.73. The van der Waals surface area contributed by atoms with Gasteiger partial charge in [0.05, 0.1) is 17.1 Å². The van der Waals surface area contributed by atoms with Crippen molar-refractivity contribution in [3.63, 3.8) is 0 Å². The first-order valence-electron chi connectivity index (χ1n) is 6.52. The first kappa shape index (κ1) is 12.7. The molecule has 0 atom stereocenters. The first-order valence-corrected chi connectivity index (χ1v) is 6.52. The summed E-state index contributed by atoms with van der Waals surface area (Å²) in [4.78, 5) is 21.0. The van der Waals surface area contributed by atoms with Crippen molar-refractivity contribution in [1.29, 1.82) is 0 Å². The third-order valence-electron chi connectivity index (χ3n) is 3.30. The Labute approximate surface area is 123 Å². The van der Waals surface area contributed by atoms with E-state index in [4.69, 9.17) is 4.74 Å². The van der Waals surface area contributed by atoms with Gasteiger partial charge < -0.3 is 4.74 Å². The predicted molar refractivity (Wildman–Crippen MR) is 76.7 cm³/mol. The van der Waals surface area contributed by atoms with Gasteiger partial charge in [-0.05, 0) is 6.07 Å². The molecule has 22 heavy (non-hydrogen) atoms. The summed E-state index contributed by atoms with van der Waals surface area (Å²) in [5.41, 5.74) is 0.431. The molecule has 0 radical (unpaired) electrons. The SMILES string of the molecule is COCc1nc2ncc3c(=O)n(-c4ccn[nH]4)ccc3n2n1. The van der Waals surface area contributed by atoms with E-state index in [-0.39, 0.29) is 12.2 Å². The van der Waals surface area contributed by atoms with Gasteiger partial charge in [-0.15, -0.1) is 5.10 Å². The van der Waals surface area contributed by atoms with Gasteiger partial charge in [0.25, 0.3) is 11.3 Å². The van der Waals surface area contributed by atoms with Crippen molar-refractivity contribution < 1.29 is 4.74 Å². The Morgan fingerprint density at radius 3 is 3.05 bits per heavy atom. The van der Waals surface area contributed by atoms with Crippen LogP contribution in [-0.2, 0) is 11.3 Å². The van der Waals surface area contributed by atoms with Crippen LogP contribution in [0.25, 0.3) is 22.5 Å². The number of methoxy groups -OCH3 is 1. The zero-order chi connectivity index (χ0) is 15.1. The quantitative estimate of drug-likeness (QED) is 0.583. The van der Waals surface area contributed by atoms with Gasteiger partial charge in [0.1, 0.15) is 12.4 Å². The summed E-state index contributed by atoms with van der Waals surface area (Å²) in [6.07, 6.45) is 4.75. The summed E-state index contributed by atoms with van der Waals surface area (Å²) in [5.74, 6) is 1.53. The number of fused-ring (bicyclic) bond motifs is 3. The molecule has 0 spiro atoms. The van der Waals surface area contributed by atoms with E-state index in [2.05, 4.69) is 25.3 Å². The first-order chi connectivity index (χ1) is 10.8. The summed E-state index contributed by atoms with van der Waals surface area (Å²) < 4.78 is 8.03. The number of H-pyrrole nitrogens is 1. The lowest BCUT2D eigenvalue weighted by Gasteiger charge is -2.04. The lowest BCUT2D eigenvalue weighted by Crippen LogP contribution is -2.19. The van der Waals surface area contributed by atoms with E-state index in [0.717, 1.165) is 0 Å². The maximum Gasteiger partial charge on any atom is 0.267 e. The Bertz CT molecular complexity index is 1020. The highest BCUT2D eigenvalue weighted by atomic mass is 16.5. The molecule has 9 nitrogen and oxygen atoms in total. The van der Waals surface area contributed by atoms with E-state index >= 15 is 0 Å². The number of ether oxygens (including phenoxy) is 1. The van der Waals surface area contributed by atoms with Gasteiger partial charge in [0, 0.05) is 25.6 Å². The highest BCUT2D eigenvalue weighted by molar-refractivity contribution is 5.78. The third kappa shape index (κ3) is 1.79. The second-order valence-corrected chi connectivity index (χ2v) is 4.66. The average Bonchev–Trinajstić information content (AvgIpc) is 3.16. The van der Waals surface area contributed by atoms with Crippen LogP contribution in [-0.4, -0.2) is 41.5 Å². The fourth-order valence-electron chi connectivity index (χ4n) is 2.32. The summed E-state index contributed by atoms with van der Waals surface area (Å²) in [5, 5.41) is 11.4. The number of hydrogen-bond donors (Lipinski definition) is 1. The number of rotatable bonds is 3. The summed E-state index contributed by atoms with van der Waals surface area (Å²) in [6.45, 7) is 0.288. The third-order valence-corrected chi connectivity index (χ3v) is 3.30. The van der Waals surface area contributed by atoms with Crippen LogP contribution >= 0.6 is 0 Å². The number of pyridine rings is 1. The molecule has 0 aliphatic rings. The van der Waals surface area contributed by atoms with Crippen LogP contribution in [0.5, 0.6) is 0 Å². The van der Waals surface area contributed by atoms with Crippen LogP contribution in [0.1, 0.15) is 5.82 Å².